The summed E-state index contributed by atoms with van der Waals surface area (Å²) in [6.45, 7) is 2.17. The van der Waals surface area contributed by atoms with E-state index in [1.165, 1.54) is 66.1 Å². The van der Waals surface area contributed by atoms with Crippen LogP contribution in [0.25, 0.3) is 82.8 Å². The lowest BCUT2D eigenvalue weighted by Gasteiger charge is -2.19. The van der Waals surface area contributed by atoms with Gasteiger partial charge in [-0.05, 0) is 96.4 Å². The average Bonchev–Trinajstić information content (AvgIpc) is 3.56. The van der Waals surface area contributed by atoms with Gasteiger partial charge in [0.2, 0.25) is 0 Å². The van der Waals surface area contributed by atoms with Crippen molar-refractivity contribution >= 4 is 32.6 Å². The summed E-state index contributed by atoms with van der Waals surface area (Å²) in [4.78, 5) is 4.92. The molecule has 0 atom stereocenters. The second-order valence-corrected chi connectivity index (χ2v) is 12.6. The Morgan fingerprint density at radius 1 is 0.429 bits per heavy atom. The maximum Gasteiger partial charge on any atom is 0.114 e. The molecule has 1 aromatic heterocycles. The van der Waals surface area contributed by atoms with Crippen LogP contribution in [0, 0.1) is 0 Å². The minimum Gasteiger partial charge on any atom is -0.296 e. The van der Waals surface area contributed by atoms with E-state index >= 15 is 0 Å². The van der Waals surface area contributed by atoms with Crippen LogP contribution < -0.4 is 0 Å². The van der Waals surface area contributed by atoms with Crippen LogP contribution >= 0.6 is 0 Å². The molecule has 0 spiro atoms. The fourth-order valence-corrected chi connectivity index (χ4v) is 7.55. The first kappa shape index (κ1) is 28.9. The Morgan fingerprint density at radius 3 is 1.51 bits per heavy atom. The number of rotatable bonds is 6. The first-order valence-corrected chi connectivity index (χ1v) is 17.0. The van der Waals surface area contributed by atoms with Crippen molar-refractivity contribution in [1.82, 2.24) is 9.55 Å². The van der Waals surface area contributed by atoms with E-state index in [0.717, 1.165) is 29.0 Å². The monoisotopic (exact) mass is 626 g/mol. The Labute approximate surface area is 286 Å². The molecule has 2 nitrogen and oxygen atoms in total. The first-order valence-electron chi connectivity index (χ1n) is 17.0. The van der Waals surface area contributed by atoms with Gasteiger partial charge in [0.05, 0.1) is 11.0 Å². The summed E-state index contributed by atoms with van der Waals surface area (Å²) in [5.41, 5.74) is 13.1. The molecular weight excluding hydrogens is 593 g/mol. The van der Waals surface area contributed by atoms with Crippen LogP contribution in [0.3, 0.4) is 0 Å². The normalized spacial score (nSPS) is 11.4. The Balaban J connectivity index is 1.25. The fourth-order valence-electron chi connectivity index (χ4n) is 7.55. The third-order valence-electron chi connectivity index (χ3n) is 9.77. The van der Waals surface area contributed by atoms with E-state index in [-0.39, 0.29) is 0 Å². The second-order valence-electron chi connectivity index (χ2n) is 12.6. The van der Waals surface area contributed by atoms with E-state index in [9.17, 15) is 0 Å². The van der Waals surface area contributed by atoms with Crippen molar-refractivity contribution in [3.05, 3.63) is 182 Å². The highest BCUT2D eigenvalue weighted by molar-refractivity contribution is 6.21. The van der Waals surface area contributed by atoms with Gasteiger partial charge in [0.1, 0.15) is 5.82 Å². The highest BCUT2D eigenvalue weighted by atomic mass is 15.1. The van der Waals surface area contributed by atoms with Gasteiger partial charge in [0, 0.05) is 12.1 Å². The number of hydrogen-bond donors (Lipinski definition) is 0. The van der Waals surface area contributed by atoms with Crippen molar-refractivity contribution in [1.29, 1.82) is 0 Å². The lowest BCUT2D eigenvalue weighted by atomic mass is 9.84. The van der Waals surface area contributed by atoms with Crippen LogP contribution in [0.2, 0.25) is 0 Å². The molecule has 49 heavy (non-hydrogen) atoms. The molecule has 1 heterocycles. The molecule has 0 aliphatic rings. The highest BCUT2D eigenvalue weighted by Gasteiger charge is 2.19. The zero-order valence-electron chi connectivity index (χ0n) is 27.3. The van der Waals surface area contributed by atoms with Crippen molar-refractivity contribution in [2.45, 2.75) is 13.3 Å². The molecule has 0 radical (unpaired) electrons. The van der Waals surface area contributed by atoms with Crippen LogP contribution in [0.1, 0.15) is 12.7 Å². The molecule has 2 heteroatoms. The summed E-state index contributed by atoms with van der Waals surface area (Å²) in [6, 6.07) is 63.7. The minimum atomic E-state index is 0.867. The van der Waals surface area contributed by atoms with Crippen LogP contribution in [0.15, 0.2) is 176 Å². The molecule has 8 aromatic carbocycles. The molecule has 0 aliphatic heterocycles. The van der Waals surface area contributed by atoms with Gasteiger partial charge in [-0.25, -0.2) is 4.98 Å². The largest absolute Gasteiger partial charge is 0.296 e. The summed E-state index contributed by atoms with van der Waals surface area (Å²) in [7, 11) is 0. The molecule has 0 bridgehead atoms. The Morgan fingerprint density at radius 2 is 0.918 bits per heavy atom. The number of nitrogens with zero attached hydrogens (tertiary/aromatic N) is 2. The van der Waals surface area contributed by atoms with Crippen LogP contribution in [-0.2, 0) is 6.42 Å². The van der Waals surface area contributed by atoms with E-state index in [0.29, 0.717) is 0 Å². The second kappa shape index (κ2) is 12.1. The number of fused-ring (bicyclic) bond motifs is 3. The van der Waals surface area contributed by atoms with Gasteiger partial charge >= 0.3 is 0 Å². The predicted molar refractivity (Wildman–Crippen MR) is 207 cm³/mol. The van der Waals surface area contributed by atoms with E-state index in [1.807, 2.05) is 0 Å². The molecule has 0 aliphatic carbocycles. The van der Waals surface area contributed by atoms with Crippen molar-refractivity contribution in [2.75, 3.05) is 0 Å². The van der Waals surface area contributed by atoms with Gasteiger partial charge in [0.15, 0.2) is 0 Å². The van der Waals surface area contributed by atoms with Crippen LogP contribution in [0.4, 0.5) is 0 Å². The first-order chi connectivity index (χ1) is 24.3. The van der Waals surface area contributed by atoms with Crippen molar-refractivity contribution < 1.29 is 0 Å². The quantitative estimate of drug-likeness (QED) is 0.168. The molecule has 0 N–H and O–H groups in total. The molecule has 0 saturated heterocycles. The summed E-state index contributed by atoms with van der Waals surface area (Å²) in [5.74, 6) is 1.07. The highest BCUT2D eigenvalue weighted by Crippen LogP contribution is 2.45. The van der Waals surface area contributed by atoms with E-state index in [4.69, 9.17) is 4.98 Å². The third kappa shape index (κ3) is 4.92. The molecular formula is C47H34N2. The molecule has 232 valence electrons. The maximum absolute atomic E-state index is 4.92. The van der Waals surface area contributed by atoms with Crippen molar-refractivity contribution in [2.24, 2.45) is 0 Å². The number of para-hydroxylation sites is 2. The Kier molecular flexibility index (Phi) is 7.13. The summed E-state index contributed by atoms with van der Waals surface area (Å²) < 4.78 is 2.29. The Hall–Kier alpha value is -6.25. The van der Waals surface area contributed by atoms with E-state index < -0.39 is 0 Å². The zero-order valence-corrected chi connectivity index (χ0v) is 27.3. The Bertz CT molecular complexity index is 2560. The SMILES string of the molecule is CCc1nc2ccccc2n1-c1ccc(-c2c3ccccc3c(-c3ccc(-c4ccccc4)c(-c4ccccc4)c3)c3ccccc23)cc1. The predicted octanol–water partition coefficient (Wildman–Crippen LogP) is 12.6. The standard InChI is InChI=1S/C47H34N2/c1-2-45-48-43-23-13-14-24-44(43)49(45)36-28-25-34(26-29-36)46-38-19-9-11-21-40(38)47(41-22-12-10-20-39(41)46)35-27-30-37(32-15-5-3-6-16-32)42(31-35)33-17-7-4-8-18-33/h3-31H,2H2,1H3. The van der Waals surface area contributed by atoms with Gasteiger partial charge in [-0.15, -0.1) is 0 Å². The van der Waals surface area contributed by atoms with Gasteiger partial charge in [-0.3, -0.25) is 4.57 Å². The number of aromatic nitrogens is 2. The van der Waals surface area contributed by atoms with Crippen LogP contribution in [0.5, 0.6) is 0 Å². The fraction of sp³-hybridized carbons (Fsp3) is 0.0426. The van der Waals surface area contributed by atoms with E-state index in [2.05, 4.69) is 187 Å². The van der Waals surface area contributed by atoms with Crippen molar-refractivity contribution in [3.8, 4) is 50.2 Å². The number of aryl methyl sites for hydroxylation is 1. The van der Waals surface area contributed by atoms with Gasteiger partial charge < -0.3 is 0 Å². The lowest BCUT2D eigenvalue weighted by Crippen LogP contribution is -2.00. The van der Waals surface area contributed by atoms with Gasteiger partial charge in [-0.2, -0.15) is 0 Å². The third-order valence-corrected chi connectivity index (χ3v) is 9.77. The zero-order chi connectivity index (χ0) is 32.7. The maximum atomic E-state index is 4.92. The molecule has 0 fully saturated rings. The molecule has 0 unspecified atom stereocenters. The van der Waals surface area contributed by atoms with E-state index in [1.54, 1.807) is 0 Å². The molecule has 9 rings (SSSR count). The lowest BCUT2D eigenvalue weighted by molar-refractivity contribution is 0.908. The summed E-state index contributed by atoms with van der Waals surface area (Å²) >= 11 is 0. The topological polar surface area (TPSA) is 17.8 Å². The van der Waals surface area contributed by atoms with Crippen LogP contribution in [-0.4, -0.2) is 9.55 Å². The van der Waals surface area contributed by atoms with Gasteiger partial charge in [-0.1, -0.05) is 153 Å². The van der Waals surface area contributed by atoms with Crippen molar-refractivity contribution in [3.63, 3.8) is 0 Å². The average molecular weight is 627 g/mol. The number of benzene rings is 8. The summed E-state index contributed by atoms with van der Waals surface area (Å²) in [5, 5.41) is 5.00. The molecule has 0 saturated carbocycles. The smallest absolute Gasteiger partial charge is 0.114 e. The molecule has 0 amide bonds. The number of imidazole rings is 1. The summed E-state index contributed by atoms with van der Waals surface area (Å²) in [6.07, 6.45) is 0.867. The number of hydrogen-bond acceptors (Lipinski definition) is 1. The molecule has 9 aromatic rings. The minimum absolute atomic E-state index is 0.867. The van der Waals surface area contributed by atoms with Gasteiger partial charge in [0.25, 0.3) is 0 Å².